The SMILES string of the molecule is COc1ccc2nc(-c3ccc(C(F)(F)F)nc3)n(C(C(=O)NC3CCCCC3)C3CCCCC3)c2c1. The van der Waals surface area contributed by atoms with E-state index in [1.165, 1.54) is 18.7 Å². The van der Waals surface area contributed by atoms with Gasteiger partial charge in [0.15, 0.2) is 0 Å². The average molecular weight is 515 g/mol. The van der Waals surface area contributed by atoms with Gasteiger partial charge in [-0.2, -0.15) is 13.2 Å². The molecule has 0 aliphatic heterocycles. The molecule has 1 aromatic carbocycles. The third kappa shape index (κ3) is 5.45. The van der Waals surface area contributed by atoms with Gasteiger partial charge in [-0.15, -0.1) is 0 Å². The minimum absolute atomic E-state index is 0.0398. The molecular weight excluding hydrogens is 481 g/mol. The lowest BCUT2D eigenvalue weighted by molar-refractivity contribution is -0.141. The van der Waals surface area contributed by atoms with Crippen LogP contribution in [0.5, 0.6) is 5.75 Å². The fourth-order valence-electron chi connectivity index (χ4n) is 5.90. The van der Waals surface area contributed by atoms with Crippen LogP contribution in [0.3, 0.4) is 0 Å². The number of imidazole rings is 1. The molecule has 1 atom stereocenters. The zero-order chi connectivity index (χ0) is 26.0. The van der Waals surface area contributed by atoms with Crippen LogP contribution in [-0.2, 0) is 11.0 Å². The van der Waals surface area contributed by atoms with Gasteiger partial charge >= 0.3 is 6.18 Å². The molecule has 5 rings (SSSR count). The summed E-state index contributed by atoms with van der Waals surface area (Å²) in [5.74, 6) is 1.13. The molecule has 0 saturated heterocycles. The molecule has 198 valence electrons. The van der Waals surface area contributed by atoms with E-state index >= 15 is 0 Å². The Kier molecular flexibility index (Phi) is 7.40. The van der Waals surface area contributed by atoms with Crippen LogP contribution < -0.4 is 10.1 Å². The number of nitrogens with zero attached hydrogens (tertiary/aromatic N) is 3. The lowest BCUT2D eigenvalue weighted by Gasteiger charge is -2.33. The molecule has 2 aliphatic carbocycles. The molecule has 1 N–H and O–H groups in total. The maximum atomic E-state index is 14.0. The quantitative estimate of drug-likeness (QED) is 0.398. The van der Waals surface area contributed by atoms with Crippen molar-refractivity contribution in [2.45, 2.75) is 82.5 Å². The number of fused-ring (bicyclic) bond motifs is 1. The molecule has 1 amide bonds. The first-order valence-electron chi connectivity index (χ1n) is 13.2. The van der Waals surface area contributed by atoms with Crippen molar-refractivity contribution in [2.75, 3.05) is 7.11 Å². The van der Waals surface area contributed by atoms with Crippen LogP contribution >= 0.6 is 0 Å². The maximum Gasteiger partial charge on any atom is 0.433 e. The smallest absolute Gasteiger partial charge is 0.433 e. The molecule has 2 saturated carbocycles. The van der Waals surface area contributed by atoms with E-state index < -0.39 is 17.9 Å². The number of hydrogen-bond donors (Lipinski definition) is 1. The van der Waals surface area contributed by atoms with Gasteiger partial charge in [-0.1, -0.05) is 38.5 Å². The number of amides is 1. The summed E-state index contributed by atoms with van der Waals surface area (Å²) in [7, 11) is 1.58. The highest BCUT2D eigenvalue weighted by Gasteiger charge is 2.36. The number of aromatic nitrogens is 3. The Hall–Kier alpha value is -3.10. The summed E-state index contributed by atoms with van der Waals surface area (Å²) in [5, 5.41) is 3.32. The molecule has 0 radical (unpaired) electrons. The number of halogens is 3. The van der Waals surface area contributed by atoms with Crippen LogP contribution in [0.25, 0.3) is 22.4 Å². The van der Waals surface area contributed by atoms with Crippen molar-refractivity contribution in [3.05, 3.63) is 42.2 Å². The van der Waals surface area contributed by atoms with Gasteiger partial charge in [0.25, 0.3) is 0 Å². The van der Waals surface area contributed by atoms with Crippen LogP contribution in [-0.4, -0.2) is 33.6 Å². The van der Waals surface area contributed by atoms with E-state index in [-0.39, 0.29) is 17.9 Å². The van der Waals surface area contributed by atoms with Gasteiger partial charge < -0.3 is 14.6 Å². The number of benzene rings is 1. The Bertz CT molecular complexity index is 1230. The first-order valence-corrected chi connectivity index (χ1v) is 13.2. The van der Waals surface area contributed by atoms with Crippen molar-refractivity contribution in [2.24, 2.45) is 5.92 Å². The second-order valence-corrected chi connectivity index (χ2v) is 10.3. The van der Waals surface area contributed by atoms with Gasteiger partial charge in [0, 0.05) is 23.9 Å². The second kappa shape index (κ2) is 10.7. The van der Waals surface area contributed by atoms with E-state index in [1.807, 2.05) is 16.7 Å². The molecule has 2 fully saturated rings. The number of nitrogens with one attached hydrogen (secondary N) is 1. The average Bonchev–Trinajstić information content (AvgIpc) is 3.28. The van der Waals surface area contributed by atoms with Crippen molar-refractivity contribution >= 4 is 16.9 Å². The van der Waals surface area contributed by atoms with E-state index in [0.717, 1.165) is 69.4 Å². The number of ether oxygens (including phenoxy) is 1. The monoisotopic (exact) mass is 514 g/mol. The van der Waals surface area contributed by atoms with E-state index in [0.29, 0.717) is 22.7 Å². The van der Waals surface area contributed by atoms with Crippen LogP contribution in [0.4, 0.5) is 13.2 Å². The van der Waals surface area contributed by atoms with Gasteiger partial charge in [-0.3, -0.25) is 9.78 Å². The molecular formula is C28H33F3N4O2. The molecule has 6 nitrogen and oxygen atoms in total. The normalized spacial score (nSPS) is 18.6. The van der Waals surface area contributed by atoms with Gasteiger partial charge in [-0.25, -0.2) is 4.98 Å². The summed E-state index contributed by atoms with van der Waals surface area (Å²) in [6.07, 6.45) is 7.07. The van der Waals surface area contributed by atoms with E-state index in [4.69, 9.17) is 9.72 Å². The highest BCUT2D eigenvalue weighted by molar-refractivity contribution is 5.88. The highest BCUT2D eigenvalue weighted by atomic mass is 19.4. The predicted octanol–water partition coefficient (Wildman–Crippen LogP) is 6.70. The topological polar surface area (TPSA) is 69.0 Å². The number of carbonyl (C=O) groups is 1. The lowest BCUT2D eigenvalue weighted by atomic mass is 9.82. The minimum Gasteiger partial charge on any atom is -0.497 e. The summed E-state index contributed by atoms with van der Waals surface area (Å²) in [6, 6.07) is 7.45. The Balaban J connectivity index is 1.64. The molecule has 2 aliphatic rings. The second-order valence-electron chi connectivity index (χ2n) is 10.3. The van der Waals surface area contributed by atoms with E-state index in [9.17, 15) is 18.0 Å². The van der Waals surface area contributed by atoms with Crippen LogP contribution in [0.1, 0.15) is 75.9 Å². The molecule has 9 heteroatoms. The zero-order valence-electron chi connectivity index (χ0n) is 21.1. The van der Waals surface area contributed by atoms with Crippen molar-refractivity contribution in [1.82, 2.24) is 19.9 Å². The van der Waals surface area contributed by atoms with Gasteiger partial charge in [0.1, 0.15) is 23.3 Å². The highest BCUT2D eigenvalue weighted by Crippen LogP contribution is 2.39. The fourth-order valence-corrected chi connectivity index (χ4v) is 5.90. The Morgan fingerprint density at radius 2 is 1.73 bits per heavy atom. The molecule has 0 bridgehead atoms. The minimum atomic E-state index is -4.53. The zero-order valence-corrected chi connectivity index (χ0v) is 21.1. The van der Waals surface area contributed by atoms with Crippen LogP contribution in [0.2, 0.25) is 0 Å². The number of hydrogen-bond acceptors (Lipinski definition) is 4. The first kappa shape index (κ1) is 25.5. The van der Waals surface area contributed by atoms with Gasteiger partial charge in [-0.05, 0) is 55.9 Å². The first-order chi connectivity index (χ1) is 17.8. The Labute approximate surface area is 214 Å². The molecule has 3 aromatic rings. The molecule has 0 spiro atoms. The summed E-state index contributed by atoms with van der Waals surface area (Å²) >= 11 is 0. The number of alkyl halides is 3. The summed E-state index contributed by atoms with van der Waals surface area (Å²) in [4.78, 5) is 22.5. The number of carbonyl (C=O) groups excluding carboxylic acids is 1. The van der Waals surface area contributed by atoms with Crippen LogP contribution in [0.15, 0.2) is 36.5 Å². The lowest BCUT2D eigenvalue weighted by Crippen LogP contribution is -2.43. The molecule has 37 heavy (non-hydrogen) atoms. The third-order valence-corrected chi connectivity index (χ3v) is 7.80. The van der Waals surface area contributed by atoms with Crippen molar-refractivity contribution < 1.29 is 22.7 Å². The maximum absolute atomic E-state index is 14.0. The fraction of sp³-hybridized carbons (Fsp3) is 0.536. The van der Waals surface area contributed by atoms with Crippen LogP contribution in [0, 0.1) is 5.92 Å². The van der Waals surface area contributed by atoms with Crippen molar-refractivity contribution in [3.8, 4) is 17.1 Å². The van der Waals surface area contributed by atoms with Gasteiger partial charge in [0.05, 0.1) is 18.1 Å². The Morgan fingerprint density at radius 3 is 2.35 bits per heavy atom. The van der Waals surface area contributed by atoms with Crippen molar-refractivity contribution in [1.29, 1.82) is 0 Å². The predicted molar refractivity (Wildman–Crippen MR) is 135 cm³/mol. The molecule has 2 aromatic heterocycles. The standard InChI is InChI=1S/C28H33F3N4O2/c1-37-21-13-14-22-23(16-21)35(26(34-22)19-12-15-24(32-17-19)28(29,30)31)25(18-8-4-2-5-9-18)27(36)33-20-10-6-3-7-11-20/h12-18,20,25H,2-11H2,1H3,(H,33,36). The summed E-state index contributed by atoms with van der Waals surface area (Å²) in [5.41, 5.74) is 0.861. The Morgan fingerprint density at radius 1 is 1.03 bits per heavy atom. The summed E-state index contributed by atoms with van der Waals surface area (Å²) < 4.78 is 47.0. The van der Waals surface area contributed by atoms with E-state index in [1.54, 1.807) is 13.2 Å². The number of methoxy groups -OCH3 is 1. The molecule has 2 heterocycles. The third-order valence-electron chi connectivity index (χ3n) is 7.80. The van der Waals surface area contributed by atoms with Crippen molar-refractivity contribution in [3.63, 3.8) is 0 Å². The number of pyridine rings is 1. The molecule has 1 unspecified atom stereocenters. The number of rotatable bonds is 6. The van der Waals surface area contributed by atoms with Gasteiger partial charge in [0.2, 0.25) is 5.91 Å². The summed E-state index contributed by atoms with van der Waals surface area (Å²) in [6.45, 7) is 0. The largest absolute Gasteiger partial charge is 0.497 e. The van der Waals surface area contributed by atoms with E-state index in [2.05, 4.69) is 10.3 Å².